The molecule has 1 aliphatic rings. The van der Waals surface area contributed by atoms with E-state index in [0.29, 0.717) is 26.1 Å². The van der Waals surface area contributed by atoms with Crippen LogP contribution in [0.3, 0.4) is 0 Å². The quantitative estimate of drug-likeness (QED) is 0.264. The minimum Gasteiger partial charge on any atom is -0.370 e. The number of carbonyl (C=O) groups is 3. The number of fused-ring (bicyclic) bond motifs is 1. The first-order valence-electron chi connectivity index (χ1n) is 14.5. The first kappa shape index (κ1) is 29.0. The molecule has 2 atom stereocenters. The second kappa shape index (κ2) is 13.0. The van der Waals surface area contributed by atoms with Gasteiger partial charge in [-0.25, -0.2) is 4.98 Å². The van der Waals surface area contributed by atoms with Crippen LogP contribution >= 0.6 is 0 Å². The van der Waals surface area contributed by atoms with Gasteiger partial charge in [0.2, 0.25) is 17.7 Å². The summed E-state index contributed by atoms with van der Waals surface area (Å²) >= 11 is 0. The van der Waals surface area contributed by atoms with Gasteiger partial charge in [0.25, 0.3) is 0 Å². The van der Waals surface area contributed by atoms with E-state index < -0.39 is 0 Å². The number of likely N-dealkylation sites (tertiary alicyclic amines) is 1. The summed E-state index contributed by atoms with van der Waals surface area (Å²) in [5.74, 6) is 0.603. The van der Waals surface area contributed by atoms with Crippen LogP contribution in [0.15, 0.2) is 72.8 Å². The molecule has 218 valence electrons. The van der Waals surface area contributed by atoms with Crippen molar-refractivity contribution in [1.29, 1.82) is 0 Å². The van der Waals surface area contributed by atoms with Gasteiger partial charge in [-0.3, -0.25) is 14.4 Å². The van der Waals surface area contributed by atoms with Crippen LogP contribution in [-0.4, -0.2) is 51.3 Å². The Hall–Kier alpha value is -4.50. The zero-order chi connectivity index (χ0) is 29.6. The van der Waals surface area contributed by atoms with Gasteiger partial charge in [0.1, 0.15) is 5.82 Å². The molecule has 2 unspecified atom stereocenters. The molecule has 5 rings (SSSR count). The van der Waals surface area contributed by atoms with E-state index in [2.05, 4.69) is 34.1 Å². The topological polar surface area (TPSA) is 136 Å². The van der Waals surface area contributed by atoms with Gasteiger partial charge in [-0.05, 0) is 60.2 Å². The summed E-state index contributed by atoms with van der Waals surface area (Å²) in [5.41, 5.74) is 17.7. The lowest BCUT2D eigenvalue weighted by Gasteiger charge is -2.33. The Labute approximate surface area is 245 Å². The molecule has 1 saturated heterocycles. The Kier molecular flexibility index (Phi) is 8.97. The second-order valence-electron chi connectivity index (χ2n) is 11.1. The van der Waals surface area contributed by atoms with Crippen LogP contribution < -0.4 is 16.8 Å². The summed E-state index contributed by atoms with van der Waals surface area (Å²) in [6, 6.07) is 23.5. The maximum atomic E-state index is 13.3. The summed E-state index contributed by atoms with van der Waals surface area (Å²) in [5, 5.41) is 2.78. The molecule has 1 fully saturated rings. The van der Waals surface area contributed by atoms with Crippen molar-refractivity contribution in [3.05, 3.63) is 84.2 Å². The molecule has 0 bridgehead atoms. The molecular formula is C33H38N6O3. The van der Waals surface area contributed by atoms with E-state index in [4.69, 9.17) is 16.5 Å². The average Bonchev–Trinajstić information content (AvgIpc) is 3.35. The third-order valence-corrected chi connectivity index (χ3v) is 7.83. The number of rotatable bonds is 10. The number of piperidine rings is 1. The van der Waals surface area contributed by atoms with E-state index in [1.165, 1.54) is 6.92 Å². The number of aromatic nitrogens is 2. The molecule has 5 N–H and O–H groups in total. The molecule has 9 heteroatoms. The van der Waals surface area contributed by atoms with Crippen molar-refractivity contribution in [3.8, 4) is 11.1 Å². The molecule has 9 nitrogen and oxygen atoms in total. The number of carbonyl (C=O) groups excluding carboxylic acids is 3. The summed E-state index contributed by atoms with van der Waals surface area (Å²) in [6.45, 7) is 3.25. The minimum atomic E-state index is -0.347. The van der Waals surface area contributed by atoms with Crippen molar-refractivity contribution >= 4 is 34.4 Å². The first-order valence-corrected chi connectivity index (χ1v) is 14.5. The zero-order valence-electron chi connectivity index (χ0n) is 24.0. The highest BCUT2D eigenvalue weighted by atomic mass is 16.2. The number of imidazole rings is 1. The van der Waals surface area contributed by atoms with E-state index in [0.717, 1.165) is 52.1 Å². The van der Waals surface area contributed by atoms with Gasteiger partial charge in [-0.1, -0.05) is 48.5 Å². The van der Waals surface area contributed by atoms with Gasteiger partial charge in [-0.2, -0.15) is 0 Å². The summed E-state index contributed by atoms with van der Waals surface area (Å²) in [4.78, 5) is 42.9. The van der Waals surface area contributed by atoms with Crippen LogP contribution in [-0.2, 0) is 27.3 Å². The van der Waals surface area contributed by atoms with E-state index in [1.54, 1.807) is 0 Å². The Morgan fingerprint density at radius 2 is 1.69 bits per heavy atom. The number of anilines is 1. The highest BCUT2D eigenvalue weighted by Gasteiger charge is 2.29. The first-order chi connectivity index (χ1) is 20.3. The largest absolute Gasteiger partial charge is 0.370 e. The zero-order valence-corrected chi connectivity index (χ0v) is 24.0. The number of benzene rings is 3. The second-order valence-corrected chi connectivity index (χ2v) is 11.1. The number of para-hydroxylation sites is 2. The molecule has 3 amide bonds. The number of hydrogen-bond donors (Lipinski definition) is 3. The number of nitrogens with zero attached hydrogens (tertiary/aromatic N) is 3. The molecule has 0 radical (unpaired) electrons. The smallest absolute Gasteiger partial charge is 0.224 e. The van der Waals surface area contributed by atoms with Gasteiger partial charge in [-0.15, -0.1) is 0 Å². The molecule has 2 heterocycles. The SMILES string of the molecule is CC(=O)Nc1ccc(-c2ccc(CC(N)CC(=O)N3CCCC(c4nc5ccccc5n4CCC(N)=O)C3)cc2)cc1. The van der Waals surface area contributed by atoms with Gasteiger partial charge >= 0.3 is 0 Å². The summed E-state index contributed by atoms with van der Waals surface area (Å²) in [6.07, 6.45) is 2.93. The van der Waals surface area contributed by atoms with E-state index >= 15 is 0 Å². The lowest BCUT2D eigenvalue weighted by molar-refractivity contribution is -0.132. The van der Waals surface area contributed by atoms with Crippen molar-refractivity contribution in [1.82, 2.24) is 14.5 Å². The maximum absolute atomic E-state index is 13.3. The van der Waals surface area contributed by atoms with Gasteiger partial charge < -0.3 is 26.3 Å². The number of primary amides is 1. The van der Waals surface area contributed by atoms with Crippen LogP contribution in [0.25, 0.3) is 22.2 Å². The number of aryl methyl sites for hydroxylation is 1. The molecular weight excluding hydrogens is 528 g/mol. The van der Waals surface area contributed by atoms with E-state index in [9.17, 15) is 14.4 Å². The van der Waals surface area contributed by atoms with Crippen molar-refractivity contribution in [2.75, 3.05) is 18.4 Å². The predicted octanol–water partition coefficient (Wildman–Crippen LogP) is 4.20. The normalized spacial score (nSPS) is 15.9. The van der Waals surface area contributed by atoms with Gasteiger partial charge in [0.15, 0.2) is 0 Å². The van der Waals surface area contributed by atoms with Crippen LogP contribution in [0.4, 0.5) is 5.69 Å². The van der Waals surface area contributed by atoms with Crippen molar-refractivity contribution < 1.29 is 14.4 Å². The molecule has 1 aliphatic heterocycles. The highest BCUT2D eigenvalue weighted by molar-refractivity contribution is 5.89. The van der Waals surface area contributed by atoms with Crippen LogP contribution in [0.5, 0.6) is 0 Å². The minimum absolute atomic E-state index is 0.0582. The average molecular weight is 567 g/mol. The molecule has 1 aromatic heterocycles. The number of nitrogens with one attached hydrogen (secondary N) is 1. The van der Waals surface area contributed by atoms with Crippen molar-refractivity contribution in [2.24, 2.45) is 11.5 Å². The Morgan fingerprint density at radius 3 is 2.38 bits per heavy atom. The fraction of sp³-hybridized carbons (Fsp3) is 0.333. The van der Waals surface area contributed by atoms with Gasteiger partial charge in [0.05, 0.1) is 11.0 Å². The fourth-order valence-corrected chi connectivity index (χ4v) is 5.79. The van der Waals surface area contributed by atoms with Crippen molar-refractivity contribution in [3.63, 3.8) is 0 Å². The third-order valence-electron chi connectivity index (χ3n) is 7.83. The maximum Gasteiger partial charge on any atom is 0.224 e. The third kappa shape index (κ3) is 7.03. The molecule has 0 spiro atoms. The Balaban J connectivity index is 1.19. The number of hydrogen-bond acceptors (Lipinski definition) is 5. The monoisotopic (exact) mass is 566 g/mol. The Bertz CT molecular complexity index is 1560. The van der Waals surface area contributed by atoms with Crippen LogP contribution in [0.1, 0.15) is 49.9 Å². The lowest BCUT2D eigenvalue weighted by atomic mass is 9.95. The lowest BCUT2D eigenvalue weighted by Crippen LogP contribution is -2.42. The van der Waals surface area contributed by atoms with E-state index in [-0.39, 0.29) is 42.5 Å². The molecule has 0 aliphatic carbocycles. The number of amides is 3. The van der Waals surface area contributed by atoms with Crippen LogP contribution in [0, 0.1) is 0 Å². The molecule has 3 aromatic carbocycles. The molecule has 4 aromatic rings. The Morgan fingerprint density at radius 1 is 1.00 bits per heavy atom. The van der Waals surface area contributed by atoms with Crippen molar-refractivity contribution in [2.45, 2.75) is 57.5 Å². The fourth-order valence-electron chi connectivity index (χ4n) is 5.79. The number of nitrogens with two attached hydrogens (primary N) is 2. The molecule has 0 saturated carbocycles. The standard InChI is InChI=1S/C33H38N6O3/c1-22(40)36-28-14-12-25(13-15-28)24-10-8-23(9-11-24)19-27(34)20-32(42)38-17-4-5-26(21-38)33-37-29-6-2-3-7-30(29)39(33)18-16-31(35)41/h2-3,6-15,26-27H,4-5,16-21,34H2,1H3,(H2,35,41)(H,36,40). The highest BCUT2D eigenvalue weighted by Crippen LogP contribution is 2.30. The van der Waals surface area contributed by atoms with E-state index in [1.807, 2.05) is 53.4 Å². The van der Waals surface area contributed by atoms with Gasteiger partial charge in [0, 0.05) is 57.0 Å². The summed E-state index contributed by atoms with van der Waals surface area (Å²) < 4.78 is 2.09. The predicted molar refractivity (Wildman–Crippen MR) is 165 cm³/mol. The summed E-state index contributed by atoms with van der Waals surface area (Å²) in [7, 11) is 0. The van der Waals surface area contributed by atoms with Crippen LogP contribution in [0.2, 0.25) is 0 Å². The molecule has 42 heavy (non-hydrogen) atoms.